The molecule has 0 saturated heterocycles. The Bertz CT molecular complexity index is 264. The van der Waals surface area contributed by atoms with Gasteiger partial charge in [0.05, 0.1) is 0 Å². The SMILES string of the molecule is CC(c1ccncc1)=[N+](N)[O-]. The fourth-order valence-corrected chi connectivity index (χ4v) is 0.720. The van der Waals surface area contributed by atoms with Crippen LogP contribution in [0.15, 0.2) is 24.5 Å². The van der Waals surface area contributed by atoms with Gasteiger partial charge in [0.2, 0.25) is 5.71 Å². The van der Waals surface area contributed by atoms with Gasteiger partial charge in [-0.2, -0.15) is 5.84 Å². The van der Waals surface area contributed by atoms with Gasteiger partial charge in [0.1, 0.15) is 0 Å². The lowest BCUT2D eigenvalue weighted by Crippen LogP contribution is -2.20. The van der Waals surface area contributed by atoms with Gasteiger partial charge in [-0.1, -0.05) is 4.85 Å². The molecule has 4 nitrogen and oxygen atoms in total. The monoisotopic (exact) mass is 151 g/mol. The van der Waals surface area contributed by atoms with E-state index in [0.717, 1.165) is 5.56 Å². The Labute approximate surface area is 64.5 Å². The van der Waals surface area contributed by atoms with Crippen molar-refractivity contribution in [2.45, 2.75) is 6.92 Å². The van der Waals surface area contributed by atoms with Crippen LogP contribution in [0, 0.1) is 5.21 Å². The van der Waals surface area contributed by atoms with Gasteiger partial charge in [-0.3, -0.25) is 4.98 Å². The maximum absolute atomic E-state index is 10.6. The summed E-state index contributed by atoms with van der Waals surface area (Å²) in [5, 5.41) is 10.6. The maximum Gasteiger partial charge on any atom is 0.222 e. The van der Waals surface area contributed by atoms with Crippen LogP contribution in [0.5, 0.6) is 0 Å². The average molecular weight is 151 g/mol. The predicted molar refractivity (Wildman–Crippen MR) is 41.8 cm³/mol. The Balaban J connectivity index is 3.04. The number of aromatic nitrogens is 1. The molecule has 0 aliphatic heterocycles. The van der Waals surface area contributed by atoms with Gasteiger partial charge >= 0.3 is 0 Å². The van der Waals surface area contributed by atoms with Crippen LogP contribution in [0.2, 0.25) is 0 Å². The van der Waals surface area contributed by atoms with Gasteiger partial charge in [-0.25, -0.2) is 0 Å². The molecule has 1 aromatic heterocycles. The topological polar surface area (TPSA) is 65.0 Å². The molecule has 1 heterocycles. The second-order valence-corrected chi connectivity index (χ2v) is 2.15. The van der Waals surface area contributed by atoms with E-state index >= 15 is 0 Å². The van der Waals surface area contributed by atoms with Crippen molar-refractivity contribution in [1.29, 1.82) is 0 Å². The molecule has 58 valence electrons. The number of hydrogen-bond acceptors (Lipinski definition) is 3. The molecule has 0 atom stereocenters. The molecule has 1 aromatic rings. The summed E-state index contributed by atoms with van der Waals surface area (Å²) in [5.41, 5.74) is 1.27. The normalized spacial score (nSPS) is 12.5. The smallest absolute Gasteiger partial charge is 0.222 e. The minimum atomic E-state index is 0.343. The third-order valence-electron chi connectivity index (χ3n) is 1.43. The van der Waals surface area contributed by atoms with E-state index in [1.54, 1.807) is 31.5 Å². The summed E-state index contributed by atoms with van der Waals surface area (Å²) in [7, 11) is 0. The number of rotatable bonds is 1. The van der Waals surface area contributed by atoms with Crippen molar-refractivity contribution in [2.24, 2.45) is 5.84 Å². The van der Waals surface area contributed by atoms with Crippen LogP contribution in [0.4, 0.5) is 0 Å². The molecule has 0 aromatic carbocycles. The second-order valence-electron chi connectivity index (χ2n) is 2.15. The summed E-state index contributed by atoms with van der Waals surface area (Å²) >= 11 is 0. The van der Waals surface area contributed by atoms with Crippen LogP contribution in [-0.4, -0.2) is 15.5 Å². The van der Waals surface area contributed by atoms with Crippen LogP contribution >= 0.6 is 0 Å². The van der Waals surface area contributed by atoms with Crippen molar-refractivity contribution in [2.75, 3.05) is 0 Å². The van der Waals surface area contributed by atoms with Gasteiger partial charge in [-0.05, 0) is 12.1 Å². The molecule has 0 amide bonds. The van der Waals surface area contributed by atoms with Crippen molar-refractivity contribution in [3.05, 3.63) is 35.3 Å². The zero-order chi connectivity index (χ0) is 8.27. The molecular formula is C7H9N3O. The molecule has 1 rings (SSSR count). The number of nitrogens with zero attached hydrogens (tertiary/aromatic N) is 2. The van der Waals surface area contributed by atoms with E-state index in [4.69, 9.17) is 5.84 Å². The molecule has 0 bridgehead atoms. The third-order valence-corrected chi connectivity index (χ3v) is 1.43. The van der Waals surface area contributed by atoms with Gasteiger partial charge < -0.3 is 5.21 Å². The van der Waals surface area contributed by atoms with Crippen molar-refractivity contribution >= 4 is 5.71 Å². The number of hydrogen-bond donors (Lipinski definition) is 1. The largest absolute Gasteiger partial charge is 0.596 e. The quantitative estimate of drug-likeness (QED) is 0.206. The van der Waals surface area contributed by atoms with Crippen molar-refractivity contribution in [1.82, 2.24) is 4.98 Å². The lowest BCUT2D eigenvalue weighted by atomic mass is 10.2. The number of hydrazone groups is 1. The predicted octanol–water partition coefficient (Wildman–Crippen LogP) is 0.275. The lowest BCUT2D eigenvalue weighted by Gasteiger charge is -1.99. The highest BCUT2D eigenvalue weighted by Gasteiger charge is 2.02. The number of hydrazine groups is 1. The van der Waals surface area contributed by atoms with E-state index < -0.39 is 0 Å². The van der Waals surface area contributed by atoms with Crippen molar-refractivity contribution < 1.29 is 4.85 Å². The highest BCUT2D eigenvalue weighted by atomic mass is 16.5. The first kappa shape index (κ1) is 7.53. The molecule has 11 heavy (non-hydrogen) atoms. The highest BCUT2D eigenvalue weighted by Crippen LogP contribution is 1.96. The van der Waals surface area contributed by atoms with Crippen LogP contribution in [-0.2, 0) is 0 Å². The van der Waals surface area contributed by atoms with Crippen LogP contribution < -0.4 is 5.84 Å². The van der Waals surface area contributed by atoms with E-state index in [9.17, 15) is 5.21 Å². The van der Waals surface area contributed by atoms with Crippen LogP contribution in [0.25, 0.3) is 0 Å². The van der Waals surface area contributed by atoms with E-state index in [2.05, 4.69) is 4.98 Å². The van der Waals surface area contributed by atoms with Gasteiger partial charge in [0, 0.05) is 24.9 Å². The lowest BCUT2D eigenvalue weighted by molar-refractivity contribution is -0.469. The Morgan fingerprint density at radius 2 is 2.09 bits per heavy atom. The van der Waals surface area contributed by atoms with Crippen molar-refractivity contribution in [3.8, 4) is 0 Å². The summed E-state index contributed by atoms with van der Waals surface area (Å²) in [6.07, 6.45) is 3.23. The fourth-order valence-electron chi connectivity index (χ4n) is 0.720. The van der Waals surface area contributed by atoms with E-state index in [0.29, 0.717) is 10.6 Å². The third kappa shape index (κ3) is 1.67. The maximum atomic E-state index is 10.6. The molecule has 0 aliphatic carbocycles. The molecule has 0 spiro atoms. The average Bonchev–Trinajstić information content (AvgIpc) is 2.05. The fraction of sp³-hybridized carbons (Fsp3) is 0.143. The summed E-state index contributed by atoms with van der Waals surface area (Å²) < 4.78 is 0. The van der Waals surface area contributed by atoms with Gasteiger partial charge in [0.25, 0.3) is 0 Å². The van der Waals surface area contributed by atoms with Crippen LogP contribution in [0.1, 0.15) is 12.5 Å². The summed E-state index contributed by atoms with van der Waals surface area (Å²) in [5.74, 6) is 4.99. The van der Waals surface area contributed by atoms with Gasteiger partial charge in [0.15, 0.2) is 0 Å². The Morgan fingerprint density at radius 3 is 2.55 bits per heavy atom. The summed E-state index contributed by atoms with van der Waals surface area (Å²) in [6, 6.07) is 3.46. The Kier molecular flexibility index (Phi) is 2.06. The first-order chi connectivity index (χ1) is 5.22. The molecule has 4 heteroatoms. The Hall–Kier alpha value is -1.58. The number of pyridine rings is 1. The zero-order valence-corrected chi connectivity index (χ0v) is 6.19. The molecule has 0 aliphatic rings. The molecule has 0 fully saturated rings. The van der Waals surface area contributed by atoms with E-state index in [1.807, 2.05) is 0 Å². The summed E-state index contributed by atoms with van der Waals surface area (Å²) in [4.78, 5) is 4.15. The molecule has 0 saturated carbocycles. The minimum Gasteiger partial charge on any atom is -0.596 e. The first-order valence-corrected chi connectivity index (χ1v) is 3.17. The van der Waals surface area contributed by atoms with Gasteiger partial charge in [-0.15, -0.1) is 0 Å². The molecule has 0 radical (unpaired) electrons. The van der Waals surface area contributed by atoms with E-state index in [-0.39, 0.29) is 0 Å². The Morgan fingerprint density at radius 1 is 1.55 bits per heavy atom. The first-order valence-electron chi connectivity index (χ1n) is 3.17. The van der Waals surface area contributed by atoms with E-state index in [1.165, 1.54) is 0 Å². The number of nitrogens with two attached hydrogens (primary N) is 1. The summed E-state index contributed by atoms with van der Waals surface area (Å²) in [6.45, 7) is 1.66. The van der Waals surface area contributed by atoms with Crippen molar-refractivity contribution in [3.63, 3.8) is 0 Å². The molecule has 0 unspecified atom stereocenters. The van der Waals surface area contributed by atoms with Crippen LogP contribution in [0.3, 0.4) is 0 Å². The second kappa shape index (κ2) is 3.01. The molecular weight excluding hydrogens is 142 g/mol. The standard InChI is InChI=1S/C7H9N3O/c1-6(10(8)11)7-2-4-9-5-3-7/h2-5H,8H2,1H3. The zero-order valence-electron chi connectivity index (χ0n) is 6.19. The molecule has 2 N–H and O–H groups in total. The minimum absolute atomic E-state index is 0.343. The highest BCUT2D eigenvalue weighted by molar-refractivity contribution is 5.94.